The molecule has 0 unspecified atom stereocenters. The smallest absolute Gasteiger partial charge is 0.338 e. The fourth-order valence-electron chi connectivity index (χ4n) is 4.04. The standard InChI is InChI=1S/C26H32O4Si2/c1-31(2)19-24(16-18-30-26(28)22-13-9-6-10-14-22)32(3,4)20-23(31)15-17-29-25(27)21-11-7-5-8-12-21/h5-14,19-20H,15-18H2,1-4H3. The van der Waals surface area contributed by atoms with Crippen LogP contribution >= 0.6 is 0 Å². The van der Waals surface area contributed by atoms with Crippen molar-refractivity contribution in [1.29, 1.82) is 0 Å². The van der Waals surface area contributed by atoms with Crippen molar-refractivity contribution in [2.75, 3.05) is 13.2 Å². The molecule has 6 heteroatoms. The van der Waals surface area contributed by atoms with Crippen LogP contribution in [0.15, 0.2) is 82.5 Å². The van der Waals surface area contributed by atoms with E-state index in [1.54, 1.807) is 24.3 Å². The van der Waals surface area contributed by atoms with E-state index in [1.807, 2.05) is 36.4 Å². The number of benzene rings is 2. The van der Waals surface area contributed by atoms with Gasteiger partial charge in [-0.25, -0.2) is 9.59 Å². The Morgan fingerprint density at radius 1 is 0.625 bits per heavy atom. The van der Waals surface area contributed by atoms with Gasteiger partial charge in [0.25, 0.3) is 0 Å². The minimum Gasteiger partial charge on any atom is -0.462 e. The van der Waals surface area contributed by atoms with Crippen LogP contribution in [0.1, 0.15) is 33.6 Å². The minimum absolute atomic E-state index is 0.269. The van der Waals surface area contributed by atoms with Crippen molar-refractivity contribution in [3.63, 3.8) is 0 Å². The highest BCUT2D eigenvalue weighted by molar-refractivity contribution is 6.98. The van der Waals surface area contributed by atoms with Crippen molar-refractivity contribution < 1.29 is 19.1 Å². The van der Waals surface area contributed by atoms with Crippen molar-refractivity contribution in [3.05, 3.63) is 93.6 Å². The first-order valence-corrected chi connectivity index (χ1v) is 17.2. The molecule has 4 nitrogen and oxygen atoms in total. The third-order valence-electron chi connectivity index (χ3n) is 5.95. The van der Waals surface area contributed by atoms with Crippen LogP contribution < -0.4 is 0 Å². The molecule has 3 rings (SSSR count). The maximum Gasteiger partial charge on any atom is 0.338 e. The van der Waals surface area contributed by atoms with E-state index in [4.69, 9.17) is 9.47 Å². The molecule has 0 N–H and O–H groups in total. The van der Waals surface area contributed by atoms with E-state index in [2.05, 4.69) is 37.6 Å². The van der Waals surface area contributed by atoms with Gasteiger partial charge in [0.2, 0.25) is 0 Å². The predicted octanol–water partition coefficient (Wildman–Crippen LogP) is 5.92. The SMILES string of the molecule is C[Si]1(C)C=C(CCOC(=O)c2ccccc2)[Si](C)(C)C=C1CCOC(=O)c1ccccc1. The van der Waals surface area contributed by atoms with Gasteiger partial charge in [-0.15, -0.1) is 0 Å². The maximum absolute atomic E-state index is 12.2. The van der Waals surface area contributed by atoms with E-state index < -0.39 is 16.1 Å². The normalized spacial score (nSPS) is 16.5. The summed E-state index contributed by atoms with van der Waals surface area (Å²) in [4.78, 5) is 24.5. The topological polar surface area (TPSA) is 52.6 Å². The van der Waals surface area contributed by atoms with E-state index in [0.717, 1.165) is 12.8 Å². The average Bonchev–Trinajstić information content (AvgIpc) is 2.77. The summed E-state index contributed by atoms with van der Waals surface area (Å²) in [5, 5.41) is 2.89. The van der Waals surface area contributed by atoms with Crippen molar-refractivity contribution >= 4 is 28.1 Å². The molecule has 0 aromatic heterocycles. The monoisotopic (exact) mass is 464 g/mol. The summed E-state index contributed by atoms with van der Waals surface area (Å²) in [6.07, 6.45) is 1.56. The molecule has 32 heavy (non-hydrogen) atoms. The van der Waals surface area contributed by atoms with Gasteiger partial charge in [0.15, 0.2) is 0 Å². The number of hydrogen-bond acceptors (Lipinski definition) is 4. The van der Waals surface area contributed by atoms with Crippen LogP contribution in [0.5, 0.6) is 0 Å². The first kappa shape index (κ1) is 23.9. The molecule has 0 radical (unpaired) electrons. The zero-order valence-electron chi connectivity index (χ0n) is 19.4. The van der Waals surface area contributed by atoms with Gasteiger partial charge in [-0.2, -0.15) is 0 Å². The van der Waals surface area contributed by atoms with Crippen LogP contribution in [0.3, 0.4) is 0 Å². The highest BCUT2D eigenvalue weighted by Crippen LogP contribution is 2.34. The Kier molecular flexibility index (Phi) is 7.69. The molecule has 2 aromatic rings. The molecule has 1 aliphatic rings. The van der Waals surface area contributed by atoms with Crippen LogP contribution in [-0.4, -0.2) is 41.3 Å². The quantitative estimate of drug-likeness (QED) is 0.359. The van der Waals surface area contributed by atoms with Gasteiger partial charge in [-0.05, 0) is 37.1 Å². The summed E-state index contributed by atoms with van der Waals surface area (Å²) in [6, 6.07) is 18.2. The molecule has 0 fully saturated rings. The van der Waals surface area contributed by atoms with Crippen LogP contribution in [0.4, 0.5) is 0 Å². The second-order valence-electron chi connectivity index (χ2n) is 9.29. The highest BCUT2D eigenvalue weighted by Gasteiger charge is 2.36. The molecular formula is C26H32O4Si2. The van der Waals surface area contributed by atoms with Gasteiger partial charge in [0.05, 0.1) is 40.5 Å². The van der Waals surface area contributed by atoms with Gasteiger partial charge >= 0.3 is 11.9 Å². The van der Waals surface area contributed by atoms with Gasteiger partial charge < -0.3 is 9.47 Å². The third-order valence-corrected chi connectivity index (χ3v) is 12.8. The van der Waals surface area contributed by atoms with Crippen LogP contribution in [0, 0.1) is 0 Å². The predicted molar refractivity (Wildman–Crippen MR) is 134 cm³/mol. The number of carbonyl (C=O) groups is 2. The molecule has 0 amide bonds. The summed E-state index contributed by atoms with van der Waals surface area (Å²) in [5.74, 6) is -0.538. The maximum atomic E-state index is 12.2. The number of carbonyl (C=O) groups excluding carboxylic acids is 2. The number of esters is 2. The second kappa shape index (κ2) is 10.3. The lowest BCUT2D eigenvalue weighted by Gasteiger charge is -2.36. The fraction of sp³-hybridized carbons (Fsp3) is 0.308. The van der Waals surface area contributed by atoms with E-state index in [0.29, 0.717) is 24.3 Å². The van der Waals surface area contributed by atoms with Crippen molar-refractivity contribution in [2.45, 2.75) is 39.0 Å². The molecule has 0 saturated carbocycles. The molecule has 0 atom stereocenters. The summed E-state index contributed by atoms with van der Waals surface area (Å²) < 4.78 is 11.1. The van der Waals surface area contributed by atoms with E-state index in [1.165, 1.54) is 10.4 Å². The van der Waals surface area contributed by atoms with Gasteiger partial charge in [0.1, 0.15) is 0 Å². The Morgan fingerprint density at radius 2 is 0.969 bits per heavy atom. The Hall–Kier alpha value is -2.71. The molecule has 0 aliphatic carbocycles. The highest BCUT2D eigenvalue weighted by atomic mass is 28.3. The molecule has 1 heterocycles. The first-order chi connectivity index (χ1) is 15.2. The van der Waals surface area contributed by atoms with E-state index >= 15 is 0 Å². The Morgan fingerprint density at radius 3 is 1.31 bits per heavy atom. The lowest BCUT2D eigenvalue weighted by Crippen LogP contribution is -2.41. The Bertz CT molecular complexity index is 925. The zero-order chi connectivity index (χ0) is 23.2. The van der Waals surface area contributed by atoms with Crippen molar-refractivity contribution in [2.24, 2.45) is 0 Å². The molecule has 0 saturated heterocycles. The molecule has 1 aliphatic heterocycles. The number of rotatable bonds is 8. The molecule has 168 valence electrons. The summed E-state index contributed by atoms with van der Waals surface area (Å²) in [5.41, 5.74) is 6.13. The Balaban J connectivity index is 1.56. The zero-order valence-corrected chi connectivity index (χ0v) is 21.4. The van der Waals surface area contributed by atoms with Gasteiger partial charge in [0, 0.05) is 0 Å². The lowest BCUT2D eigenvalue weighted by molar-refractivity contribution is 0.0500. The number of ether oxygens (including phenoxy) is 2. The summed E-state index contributed by atoms with van der Waals surface area (Å²) in [6.45, 7) is 10.1. The fourth-order valence-corrected chi connectivity index (χ4v) is 13.1. The van der Waals surface area contributed by atoms with Gasteiger partial charge in [-0.1, -0.05) is 84.4 Å². The van der Waals surface area contributed by atoms with E-state index in [9.17, 15) is 9.59 Å². The lowest BCUT2D eigenvalue weighted by atomic mass is 10.2. The molecule has 0 spiro atoms. The number of hydrogen-bond donors (Lipinski definition) is 0. The van der Waals surface area contributed by atoms with Crippen LogP contribution in [0.25, 0.3) is 0 Å². The minimum atomic E-state index is -1.76. The molecular weight excluding hydrogens is 432 g/mol. The van der Waals surface area contributed by atoms with E-state index in [-0.39, 0.29) is 11.9 Å². The Labute approximate surface area is 193 Å². The summed E-state index contributed by atoms with van der Waals surface area (Å²) in [7, 11) is -3.52. The van der Waals surface area contributed by atoms with Crippen molar-refractivity contribution in [1.82, 2.24) is 0 Å². The second-order valence-corrected chi connectivity index (χ2v) is 18.0. The van der Waals surface area contributed by atoms with Crippen LogP contribution in [-0.2, 0) is 9.47 Å². The average molecular weight is 465 g/mol. The summed E-state index contributed by atoms with van der Waals surface area (Å²) >= 11 is 0. The molecule has 0 bridgehead atoms. The largest absolute Gasteiger partial charge is 0.462 e. The van der Waals surface area contributed by atoms with Crippen LogP contribution in [0.2, 0.25) is 26.2 Å². The van der Waals surface area contributed by atoms with Gasteiger partial charge in [-0.3, -0.25) is 0 Å². The third kappa shape index (κ3) is 6.17. The first-order valence-electron chi connectivity index (χ1n) is 11.1. The van der Waals surface area contributed by atoms with Crippen molar-refractivity contribution in [3.8, 4) is 0 Å². The molecule has 2 aromatic carbocycles.